The molecule has 0 N–H and O–H groups in total. The second kappa shape index (κ2) is 8.44. The number of furan rings is 1. The molecule has 0 unspecified atom stereocenters. The lowest BCUT2D eigenvalue weighted by Crippen LogP contribution is -1.89. The molecule has 198 valence electrons. The third kappa shape index (κ3) is 3.17. The number of fused-ring (bicyclic) bond motifs is 7. The number of rotatable bonds is 2. The van der Waals surface area contributed by atoms with E-state index in [1.165, 1.54) is 81.5 Å². The molecular formula is C42H24O. The predicted octanol–water partition coefficient (Wildman–Crippen LogP) is 12.1. The standard InChI is InChI=1S/C42H24O/c1-2-10-27-22-28(19-18-25(27)8-1)37-23-30-12-6-16-35-39(30)40-33(37)15-7-17-36(40)42-41(35)34-21-20-29(24-38(34)43-42)32-14-5-11-26-9-3-4-13-31(26)32/h1-24H. The Morgan fingerprint density at radius 3 is 1.95 bits per heavy atom. The summed E-state index contributed by atoms with van der Waals surface area (Å²) in [5, 5.41) is 14.9. The van der Waals surface area contributed by atoms with E-state index in [2.05, 4.69) is 146 Å². The van der Waals surface area contributed by atoms with Gasteiger partial charge >= 0.3 is 0 Å². The summed E-state index contributed by atoms with van der Waals surface area (Å²) in [6.45, 7) is 0. The summed E-state index contributed by atoms with van der Waals surface area (Å²) in [5.41, 5.74) is 6.77. The zero-order valence-electron chi connectivity index (χ0n) is 23.3. The van der Waals surface area contributed by atoms with Gasteiger partial charge in [-0.15, -0.1) is 0 Å². The van der Waals surface area contributed by atoms with Crippen molar-refractivity contribution in [3.8, 4) is 22.3 Å². The molecule has 10 rings (SSSR count). The van der Waals surface area contributed by atoms with Gasteiger partial charge < -0.3 is 4.42 Å². The van der Waals surface area contributed by atoms with Crippen LogP contribution in [-0.4, -0.2) is 0 Å². The third-order valence-corrected chi connectivity index (χ3v) is 9.37. The molecule has 0 spiro atoms. The Morgan fingerprint density at radius 2 is 1.00 bits per heavy atom. The number of hydrogen-bond donors (Lipinski definition) is 0. The van der Waals surface area contributed by atoms with Crippen LogP contribution in [0.1, 0.15) is 0 Å². The van der Waals surface area contributed by atoms with E-state index in [0.29, 0.717) is 0 Å². The fourth-order valence-corrected chi connectivity index (χ4v) is 7.44. The Labute approximate surface area is 247 Å². The van der Waals surface area contributed by atoms with E-state index >= 15 is 0 Å². The van der Waals surface area contributed by atoms with E-state index in [1.54, 1.807) is 0 Å². The summed E-state index contributed by atoms with van der Waals surface area (Å²) >= 11 is 0. The van der Waals surface area contributed by atoms with Gasteiger partial charge in [-0.05, 0) is 89.6 Å². The van der Waals surface area contributed by atoms with Crippen LogP contribution in [0.25, 0.3) is 98.1 Å². The minimum atomic E-state index is 0.923. The molecule has 1 heterocycles. The van der Waals surface area contributed by atoms with Crippen molar-refractivity contribution in [2.24, 2.45) is 0 Å². The lowest BCUT2D eigenvalue weighted by Gasteiger charge is -2.16. The minimum Gasteiger partial charge on any atom is -0.455 e. The molecule has 1 heteroatoms. The zero-order chi connectivity index (χ0) is 28.1. The highest BCUT2D eigenvalue weighted by Gasteiger charge is 2.21. The molecule has 0 atom stereocenters. The van der Waals surface area contributed by atoms with Gasteiger partial charge in [-0.3, -0.25) is 0 Å². The van der Waals surface area contributed by atoms with Crippen LogP contribution in [0.2, 0.25) is 0 Å². The highest BCUT2D eigenvalue weighted by molar-refractivity contribution is 6.38. The van der Waals surface area contributed by atoms with Gasteiger partial charge in [0.05, 0.1) is 0 Å². The molecule has 9 aromatic carbocycles. The quantitative estimate of drug-likeness (QED) is 0.197. The molecule has 1 aromatic heterocycles. The molecule has 1 nitrogen and oxygen atoms in total. The molecule has 0 fully saturated rings. The average molecular weight is 545 g/mol. The van der Waals surface area contributed by atoms with Crippen molar-refractivity contribution in [2.75, 3.05) is 0 Å². The van der Waals surface area contributed by atoms with Crippen LogP contribution in [0, 0.1) is 0 Å². The van der Waals surface area contributed by atoms with Crippen LogP contribution in [0.4, 0.5) is 0 Å². The molecule has 0 saturated carbocycles. The first kappa shape index (κ1) is 23.0. The van der Waals surface area contributed by atoms with Crippen LogP contribution in [-0.2, 0) is 0 Å². The van der Waals surface area contributed by atoms with Crippen LogP contribution >= 0.6 is 0 Å². The van der Waals surface area contributed by atoms with Crippen LogP contribution < -0.4 is 0 Å². The second-order valence-corrected chi connectivity index (χ2v) is 11.7. The van der Waals surface area contributed by atoms with Crippen molar-refractivity contribution in [2.45, 2.75) is 0 Å². The van der Waals surface area contributed by atoms with E-state index in [1.807, 2.05) is 0 Å². The Bertz CT molecular complexity index is 2720. The Balaban J connectivity index is 1.29. The predicted molar refractivity (Wildman–Crippen MR) is 183 cm³/mol. The van der Waals surface area contributed by atoms with Gasteiger partial charge in [-0.2, -0.15) is 0 Å². The molecule has 0 aliphatic heterocycles. The first-order valence-corrected chi connectivity index (χ1v) is 14.8. The molecule has 43 heavy (non-hydrogen) atoms. The molecule has 0 radical (unpaired) electrons. The number of benzene rings is 9. The average Bonchev–Trinajstić information content (AvgIpc) is 3.46. The molecule has 0 saturated heterocycles. The topological polar surface area (TPSA) is 13.1 Å². The Hall–Kier alpha value is -5.66. The van der Waals surface area contributed by atoms with E-state index in [4.69, 9.17) is 4.42 Å². The maximum atomic E-state index is 6.85. The summed E-state index contributed by atoms with van der Waals surface area (Å²) < 4.78 is 6.85. The van der Waals surface area contributed by atoms with E-state index in [9.17, 15) is 0 Å². The first-order valence-electron chi connectivity index (χ1n) is 14.8. The first-order chi connectivity index (χ1) is 21.3. The normalized spacial score (nSPS) is 12.2. The molecule has 0 aliphatic rings. The molecule has 0 amide bonds. The molecule has 10 aromatic rings. The van der Waals surface area contributed by atoms with Gasteiger partial charge in [0, 0.05) is 21.5 Å². The zero-order valence-corrected chi connectivity index (χ0v) is 23.3. The Kier molecular flexibility index (Phi) is 4.51. The number of hydrogen-bond acceptors (Lipinski definition) is 1. The van der Waals surface area contributed by atoms with Crippen LogP contribution in [0.5, 0.6) is 0 Å². The summed E-state index contributed by atoms with van der Waals surface area (Å²) in [5.74, 6) is 0. The second-order valence-electron chi connectivity index (χ2n) is 11.7. The van der Waals surface area contributed by atoms with Crippen molar-refractivity contribution in [3.05, 3.63) is 146 Å². The molecular weight excluding hydrogens is 520 g/mol. The summed E-state index contributed by atoms with van der Waals surface area (Å²) in [6, 6.07) is 53.0. The highest BCUT2D eigenvalue weighted by atomic mass is 16.3. The smallest absolute Gasteiger partial charge is 0.143 e. The highest BCUT2D eigenvalue weighted by Crippen LogP contribution is 2.47. The maximum Gasteiger partial charge on any atom is 0.143 e. The van der Waals surface area contributed by atoms with Crippen molar-refractivity contribution < 1.29 is 4.42 Å². The van der Waals surface area contributed by atoms with Gasteiger partial charge in [-0.25, -0.2) is 0 Å². The lowest BCUT2D eigenvalue weighted by atomic mass is 9.87. The third-order valence-electron chi connectivity index (χ3n) is 9.37. The van der Waals surface area contributed by atoms with E-state index in [-0.39, 0.29) is 0 Å². The van der Waals surface area contributed by atoms with Crippen molar-refractivity contribution >= 4 is 75.8 Å². The SMILES string of the molecule is c1ccc2cc(-c3cc4cccc5c6c7ccc(-c8cccc9ccccc89)cc7oc6c6cccc3c6c45)ccc2c1. The fraction of sp³-hybridized carbons (Fsp3) is 0. The van der Waals surface area contributed by atoms with Crippen molar-refractivity contribution in [3.63, 3.8) is 0 Å². The monoisotopic (exact) mass is 544 g/mol. The minimum absolute atomic E-state index is 0.923. The van der Waals surface area contributed by atoms with Crippen LogP contribution in [0.3, 0.4) is 0 Å². The van der Waals surface area contributed by atoms with Gasteiger partial charge in [0.15, 0.2) is 0 Å². The molecule has 0 bridgehead atoms. The van der Waals surface area contributed by atoms with Gasteiger partial charge in [0.2, 0.25) is 0 Å². The fourth-order valence-electron chi connectivity index (χ4n) is 7.44. The molecule has 0 aliphatic carbocycles. The van der Waals surface area contributed by atoms with Crippen molar-refractivity contribution in [1.82, 2.24) is 0 Å². The summed E-state index contributed by atoms with van der Waals surface area (Å²) in [6.07, 6.45) is 0. The largest absolute Gasteiger partial charge is 0.455 e. The summed E-state index contributed by atoms with van der Waals surface area (Å²) in [4.78, 5) is 0. The van der Waals surface area contributed by atoms with Crippen LogP contribution in [0.15, 0.2) is 150 Å². The van der Waals surface area contributed by atoms with Crippen molar-refractivity contribution in [1.29, 1.82) is 0 Å². The lowest BCUT2D eigenvalue weighted by molar-refractivity contribution is 0.673. The van der Waals surface area contributed by atoms with Gasteiger partial charge in [-0.1, -0.05) is 121 Å². The summed E-state index contributed by atoms with van der Waals surface area (Å²) in [7, 11) is 0. The van der Waals surface area contributed by atoms with Gasteiger partial charge in [0.25, 0.3) is 0 Å². The van der Waals surface area contributed by atoms with Gasteiger partial charge in [0.1, 0.15) is 11.2 Å². The van der Waals surface area contributed by atoms with E-state index < -0.39 is 0 Å². The van der Waals surface area contributed by atoms with E-state index in [0.717, 1.165) is 16.6 Å². The Morgan fingerprint density at radius 1 is 0.326 bits per heavy atom. The maximum absolute atomic E-state index is 6.85.